The van der Waals surface area contributed by atoms with Gasteiger partial charge in [-0.1, -0.05) is 6.07 Å². The molecule has 1 aromatic rings. The van der Waals surface area contributed by atoms with Crippen LogP contribution in [-0.4, -0.2) is 40.2 Å². The van der Waals surface area contributed by atoms with Gasteiger partial charge < -0.3 is 15.3 Å². The van der Waals surface area contributed by atoms with Gasteiger partial charge in [-0.05, 0) is 26.3 Å². The zero-order valence-corrected chi connectivity index (χ0v) is 11.6. The van der Waals surface area contributed by atoms with Gasteiger partial charge in [-0.15, -0.1) is 0 Å². The number of urea groups is 1. The number of non-ortho nitro benzene ring substituents is 1. The number of hydrogen-bond donors (Lipinski definition) is 2. The Bertz CT molecular complexity index is 476. The molecule has 0 saturated heterocycles. The van der Waals surface area contributed by atoms with Gasteiger partial charge in [0.15, 0.2) is 0 Å². The molecule has 0 atom stereocenters. The molecule has 110 valence electrons. The predicted octanol–water partition coefficient (Wildman–Crippen LogP) is 2.22. The van der Waals surface area contributed by atoms with Crippen molar-refractivity contribution in [3.8, 4) is 0 Å². The molecule has 0 bridgehead atoms. The van der Waals surface area contributed by atoms with Gasteiger partial charge in [0, 0.05) is 37.0 Å². The van der Waals surface area contributed by atoms with E-state index >= 15 is 0 Å². The molecule has 0 spiro atoms. The Morgan fingerprint density at radius 1 is 1.50 bits per heavy atom. The molecule has 0 aliphatic carbocycles. The third-order valence-corrected chi connectivity index (χ3v) is 2.75. The van der Waals surface area contributed by atoms with Crippen LogP contribution in [0, 0.1) is 10.1 Å². The largest absolute Gasteiger partial charge is 0.396 e. The van der Waals surface area contributed by atoms with Crippen molar-refractivity contribution >= 4 is 17.4 Å². The first kappa shape index (κ1) is 15.9. The minimum atomic E-state index is -0.512. The fraction of sp³-hybridized carbons (Fsp3) is 0.462. The number of carbonyl (C=O) groups excluding carboxylic acids is 1. The summed E-state index contributed by atoms with van der Waals surface area (Å²) >= 11 is 0. The van der Waals surface area contributed by atoms with Crippen LogP contribution in [-0.2, 0) is 0 Å². The summed E-state index contributed by atoms with van der Waals surface area (Å²) in [7, 11) is 0. The summed E-state index contributed by atoms with van der Waals surface area (Å²) in [6.45, 7) is 4.16. The van der Waals surface area contributed by atoms with Gasteiger partial charge in [-0.25, -0.2) is 4.79 Å². The normalized spacial score (nSPS) is 10.4. The van der Waals surface area contributed by atoms with Crippen molar-refractivity contribution < 1.29 is 14.8 Å². The molecule has 0 aliphatic rings. The van der Waals surface area contributed by atoms with E-state index in [1.54, 1.807) is 11.0 Å². The average molecular weight is 281 g/mol. The van der Waals surface area contributed by atoms with Gasteiger partial charge in [0.25, 0.3) is 5.69 Å². The van der Waals surface area contributed by atoms with Crippen molar-refractivity contribution in [1.82, 2.24) is 4.90 Å². The molecule has 2 amide bonds. The standard InChI is InChI=1S/C13H19N3O4/c1-10(2)15(7-4-8-17)13(18)14-11-5-3-6-12(9-11)16(19)20/h3,5-6,9-10,17H,4,7-8H2,1-2H3,(H,14,18). The summed E-state index contributed by atoms with van der Waals surface area (Å²) in [5.41, 5.74) is 0.299. The Kier molecular flexibility index (Phi) is 5.92. The molecule has 7 nitrogen and oxygen atoms in total. The summed E-state index contributed by atoms with van der Waals surface area (Å²) in [6, 6.07) is 5.41. The zero-order chi connectivity index (χ0) is 15.1. The third-order valence-electron chi connectivity index (χ3n) is 2.75. The SMILES string of the molecule is CC(C)N(CCCO)C(=O)Nc1cccc([N+](=O)[O-])c1. The molecule has 0 heterocycles. The lowest BCUT2D eigenvalue weighted by Gasteiger charge is -2.26. The smallest absolute Gasteiger partial charge is 0.322 e. The van der Waals surface area contributed by atoms with Crippen LogP contribution in [0.1, 0.15) is 20.3 Å². The highest BCUT2D eigenvalue weighted by molar-refractivity contribution is 5.89. The number of nitro benzene ring substituents is 1. The molecule has 1 aromatic carbocycles. The summed E-state index contributed by atoms with van der Waals surface area (Å²) < 4.78 is 0. The van der Waals surface area contributed by atoms with Gasteiger partial charge in [0.2, 0.25) is 0 Å². The lowest BCUT2D eigenvalue weighted by Crippen LogP contribution is -2.40. The van der Waals surface area contributed by atoms with Crippen molar-refractivity contribution in [3.05, 3.63) is 34.4 Å². The number of nitro groups is 1. The monoisotopic (exact) mass is 281 g/mol. The number of benzene rings is 1. The molecule has 0 aliphatic heterocycles. The first-order valence-electron chi connectivity index (χ1n) is 6.38. The van der Waals surface area contributed by atoms with E-state index in [1.165, 1.54) is 18.2 Å². The first-order valence-corrected chi connectivity index (χ1v) is 6.38. The van der Waals surface area contributed by atoms with E-state index in [0.717, 1.165) is 0 Å². The van der Waals surface area contributed by atoms with Gasteiger partial charge in [-0.3, -0.25) is 10.1 Å². The van der Waals surface area contributed by atoms with Crippen molar-refractivity contribution in [2.45, 2.75) is 26.3 Å². The number of hydrogen-bond acceptors (Lipinski definition) is 4. The number of aliphatic hydroxyl groups excluding tert-OH is 1. The number of aliphatic hydroxyl groups is 1. The van der Waals surface area contributed by atoms with Crippen LogP contribution in [0.5, 0.6) is 0 Å². The van der Waals surface area contributed by atoms with Crippen LogP contribution in [0.4, 0.5) is 16.2 Å². The number of nitrogens with zero attached hydrogens (tertiary/aromatic N) is 2. The second kappa shape index (κ2) is 7.44. The van der Waals surface area contributed by atoms with E-state index in [2.05, 4.69) is 5.32 Å². The predicted molar refractivity (Wildman–Crippen MR) is 75.7 cm³/mol. The number of rotatable bonds is 6. The van der Waals surface area contributed by atoms with E-state index in [-0.39, 0.29) is 24.4 Å². The lowest BCUT2D eigenvalue weighted by molar-refractivity contribution is -0.384. The Hall–Kier alpha value is -2.15. The molecular weight excluding hydrogens is 262 g/mol. The van der Waals surface area contributed by atoms with Crippen LogP contribution in [0.2, 0.25) is 0 Å². The Morgan fingerprint density at radius 3 is 2.75 bits per heavy atom. The maximum Gasteiger partial charge on any atom is 0.322 e. The van der Waals surface area contributed by atoms with E-state index in [9.17, 15) is 14.9 Å². The van der Waals surface area contributed by atoms with Crippen molar-refractivity contribution in [1.29, 1.82) is 0 Å². The number of amides is 2. The second-order valence-corrected chi connectivity index (χ2v) is 4.60. The van der Waals surface area contributed by atoms with Crippen LogP contribution in [0.25, 0.3) is 0 Å². The van der Waals surface area contributed by atoms with E-state index in [1.807, 2.05) is 13.8 Å². The number of anilines is 1. The molecular formula is C13H19N3O4. The minimum absolute atomic E-state index is 0.00725. The maximum absolute atomic E-state index is 12.1. The van der Waals surface area contributed by atoms with Gasteiger partial charge in [0.05, 0.1) is 4.92 Å². The summed E-state index contributed by atoms with van der Waals surface area (Å²) in [5, 5.41) is 22.1. The highest BCUT2D eigenvalue weighted by Crippen LogP contribution is 2.17. The summed E-state index contributed by atoms with van der Waals surface area (Å²) in [5.74, 6) is 0. The van der Waals surface area contributed by atoms with Gasteiger partial charge in [0.1, 0.15) is 0 Å². The average Bonchev–Trinajstić information content (AvgIpc) is 2.39. The fourth-order valence-corrected chi connectivity index (χ4v) is 1.73. The van der Waals surface area contributed by atoms with E-state index < -0.39 is 4.92 Å². The number of nitrogens with one attached hydrogen (secondary N) is 1. The van der Waals surface area contributed by atoms with Crippen LogP contribution >= 0.6 is 0 Å². The highest BCUT2D eigenvalue weighted by Gasteiger charge is 2.17. The third kappa shape index (κ3) is 4.51. The van der Waals surface area contributed by atoms with Crippen molar-refractivity contribution in [2.24, 2.45) is 0 Å². The molecule has 0 unspecified atom stereocenters. The molecule has 0 radical (unpaired) electrons. The molecule has 0 saturated carbocycles. The fourth-order valence-electron chi connectivity index (χ4n) is 1.73. The molecule has 0 aromatic heterocycles. The van der Waals surface area contributed by atoms with E-state index in [0.29, 0.717) is 18.7 Å². The molecule has 0 fully saturated rings. The summed E-state index contributed by atoms with van der Waals surface area (Å²) in [6.07, 6.45) is 0.487. The highest BCUT2D eigenvalue weighted by atomic mass is 16.6. The molecule has 20 heavy (non-hydrogen) atoms. The summed E-state index contributed by atoms with van der Waals surface area (Å²) in [4.78, 5) is 23.8. The molecule has 1 rings (SSSR count). The lowest BCUT2D eigenvalue weighted by atomic mass is 10.2. The van der Waals surface area contributed by atoms with Gasteiger partial charge >= 0.3 is 6.03 Å². The van der Waals surface area contributed by atoms with E-state index in [4.69, 9.17) is 5.11 Å². The van der Waals surface area contributed by atoms with Gasteiger partial charge in [-0.2, -0.15) is 0 Å². The maximum atomic E-state index is 12.1. The quantitative estimate of drug-likeness (QED) is 0.617. The van der Waals surface area contributed by atoms with Crippen molar-refractivity contribution in [3.63, 3.8) is 0 Å². The first-order chi connectivity index (χ1) is 9.45. The van der Waals surface area contributed by atoms with Crippen LogP contribution < -0.4 is 5.32 Å². The Labute approximate surface area is 117 Å². The molecule has 7 heteroatoms. The topological polar surface area (TPSA) is 95.7 Å². The zero-order valence-electron chi connectivity index (χ0n) is 11.6. The number of carbonyl (C=O) groups is 1. The Balaban J connectivity index is 2.77. The molecule has 2 N–H and O–H groups in total. The van der Waals surface area contributed by atoms with Crippen LogP contribution in [0.3, 0.4) is 0 Å². The minimum Gasteiger partial charge on any atom is -0.396 e. The van der Waals surface area contributed by atoms with Crippen LogP contribution in [0.15, 0.2) is 24.3 Å². The Morgan fingerprint density at radius 2 is 2.20 bits per heavy atom. The van der Waals surface area contributed by atoms with Crippen molar-refractivity contribution in [2.75, 3.05) is 18.5 Å². The second-order valence-electron chi connectivity index (χ2n) is 4.60.